The largest absolute Gasteiger partial charge is 0.472 e. The smallest absolute Gasteiger partial charge is 0.462 e. The second kappa shape index (κ2) is 38.2. The van der Waals surface area contributed by atoms with Gasteiger partial charge in [0.1, 0.15) is 6.61 Å². The van der Waals surface area contributed by atoms with E-state index < -0.39 is 38.6 Å². The topological polar surface area (TPSA) is 155 Å². The Balaban J connectivity index is 4.47. The number of carbonyl (C=O) groups excluding carboxylic acids is 2. The first kappa shape index (κ1) is 50.9. The minimum Gasteiger partial charge on any atom is -0.462 e. The summed E-state index contributed by atoms with van der Waals surface area (Å²) < 4.78 is 32.5. The van der Waals surface area contributed by atoms with Crippen molar-refractivity contribution < 1.29 is 42.7 Å². The lowest BCUT2D eigenvalue weighted by Crippen LogP contribution is -2.29. The number of hydrogen-bond acceptors (Lipinski definition) is 9. The summed E-state index contributed by atoms with van der Waals surface area (Å²) in [6, 6.07) is 0. The summed E-state index contributed by atoms with van der Waals surface area (Å²) in [4.78, 5) is 34.7. The molecule has 0 spiro atoms. The van der Waals surface area contributed by atoms with E-state index in [0.717, 1.165) is 44.9 Å². The molecule has 0 aliphatic rings. The van der Waals surface area contributed by atoms with E-state index in [-0.39, 0.29) is 32.6 Å². The lowest BCUT2D eigenvalue weighted by molar-refractivity contribution is -0.161. The van der Waals surface area contributed by atoms with Crippen LogP contribution in [0.15, 0.2) is 97.2 Å². The van der Waals surface area contributed by atoms with E-state index in [1.165, 1.54) is 19.3 Å². The van der Waals surface area contributed by atoms with Gasteiger partial charge in [0.15, 0.2) is 6.10 Å². The molecule has 0 aliphatic heterocycles. The monoisotopic (exact) mass is 775 g/mol. The minimum atomic E-state index is -4.42. The van der Waals surface area contributed by atoms with Gasteiger partial charge in [-0.1, -0.05) is 124 Å². The van der Waals surface area contributed by atoms with Crippen LogP contribution >= 0.6 is 7.82 Å². The maximum Gasteiger partial charge on any atom is 0.472 e. The Labute approximate surface area is 326 Å². The molecule has 54 heavy (non-hydrogen) atoms. The first-order valence-electron chi connectivity index (χ1n) is 19.8. The van der Waals surface area contributed by atoms with Crippen LogP contribution in [-0.2, 0) is 32.7 Å². The van der Waals surface area contributed by atoms with Crippen LogP contribution in [0.3, 0.4) is 0 Å². The number of unbranched alkanes of at least 4 members (excludes halogenated alkanes) is 6. The molecule has 0 bridgehead atoms. The van der Waals surface area contributed by atoms with Crippen molar-refractivity contribution in [3.8, 4) is 0 Å². The number of ether oxygens (including phenoxy) is 2. The highest BCUT2D eigenvalue weighted by Gasteiger charge is 2.25. The molecular weight excluding hydrogens is 705 g/mol. The summed E-state index contributed by atoms with van der Waals surface area (Å²) in [5.41, 5.74) is 5.32. The lowest BCUT2D eigenvalue weighted by atomic mass is 10.2. The number of phosphoric acid groups is 1. The fraction of sp³-hybridized carbons (Fsp3) is 0.581. The SMILES string of the molecule is CC/C=C\C/C=C\C/C=C\C/C=C\CCCCC(=O)OC[C@H](COP(=O)(O)OCCN)OC(=O)CCC/C=C/C/C=C\C[C@@H](O)/C=C\C=C/CCCCC. The van der Waals surface area contributed by atoms with Gasteiger partial charge in [-0.25, -0.2) is 4.57 Å². The Morgan fingerprint density at radius 3 is 1.89 bits per heavy atom. The molecule has 1 unspecified atom stereocenters. The highest BCUT2D eigenvalue weighted by molar-refractivity contribution is 7.47. The Morgan fingerprint density at radius 2 is 1.24 bits per heavy atom. The maximum atomic E-state index is 12.5. The van der Waals surface area contributed by atoms with Gasteiger partial charge in [-0.05, 0) is 83.5 Å². The van der Waals surface area contributed by atoms with Crippen LogP contribution in [0.5, 0.6) is 0 Å². The molecule has 0 aromatic carbocycles. The molecule has 4 N–H and O–H groups in total. The van der Waals surface area contributed by atoms with Crippen molar-refractivity contribution in [2.75, 3.05) is 26.4 Å². The number of nitrogens with two attached hydrogens (primary N) is 1. The van der Waals surface area contributed by atoms with E-state index in [2.05, 4.69) is 68.5 Å². The van der Waals surface area contributed by atoms with E-state index >= 15 is 0 Å². The van der Waals surface area contributed by atoms with E-state index in [9.17, 15) is 24.2 Å². The second-order valence-electron chi connectivity index (χ2n) is 12.6. The van der Waals surface area contributed by atoms with E-state index in [0.29, 0.717) is 32.1 Å². The number of aliphatic hydroxyl groups excluding tert-OH is 1. The van der Waals surface area contributed by atoms with Crippen molar-refractivity contribution in [3.05, 3.63) is 97.2 Å². The molecule has 0 radical (unpaired) electrons. The van der Waals surface area contributed by atoms with Gasteiger partial charge >= 0.3 is 19.8 Å². The average molecular weight is 776 g/mol. The molecule has 0 fully saturated rings. The summed E-state index contributed by atoms with van der Waals surface area (Å²) in [5, 5.41) is 10.1. The van der Waals surface area contributed by atoms with Gasteiger partial charge in [0.2, 0.25) is 0 Å². The van der Waals surface area contributed by atoms with Crippen molar-refractivity contribution in [3.63, 3.8) is 0 Å². The van der Waals surface area contributed by atoms with E-state index in [1.54, 1.807) is 6.08 Å². The van der Waals surface area contributed by atoms with Crippen molar-refractivity contribution in [1.82, 2.24) is 0 Å². The fourth-order valence-corrected chi connectivity index (χ4v) is 5.34. The molecule has 10 nitrogen and oxygen atoms in total. The summed E-state index contributed by atoms with van der Waals surface area (Å²) >= 11 is 0. The predicted molar refractivity (Wildman–Crippen MR) is 221 cm³/mol. The van der Waals surface area contributed by atoms with Crippen molar-refractivity contribution in [1.29, 1.82) is 0 Å². The van der Waals surface area contributed by atoms with Gasteiger partial charge < -0.3 is 25.2 Å². The molecule has 0 aliphatic carbocycles. The van der Waals surface area contributed by atoms with Crippen LogP contribution in [0.2, 0.25) is 0 Å². The van der Waals surface area contributed by atoms with E-state index in [1.807, 2.05) is 36.5 Å². The first-order valence-corrected chi connectivity index (χ1v) is 21.3. The maximum absolute atomic E-state index is 12.5. The van der Waals surface area contributed by atoms with E-state index in [4.69, 9.17) is 24.3 Å². The molecule has 0 saturated carbocycles. The average Bonchev–Trinajstić information content (AvgIpc) is 3.15. The molecule has 3 atom stereocenters. The number of rotatable bonds is 35. The molecule has 0 saturated heterocycles. The summed E-state index contributed by atoms with van der Waals surface area (Å²) in [6.07, 6.45) is 44.7. The molecule has 0 rings (SSSR count). The lowest BCUT2D eigenvalue weighted by Gasteiger charge is -2.19. The normalized spacial score (nSPS) is 15.0. The van der Waals surface area contributed by atoms with Crippen LogP contribution in [-0.4, -0.2) is 60.5 Å². The minimum absolute atomic E-state index is 0.0229. The summed E-state index contributed by atoms with van der Waals surface area (Å²) in [5.74, 6) is -0.998. The highest BCUT2D eigenvalue weighted by atomic mass is 31.2. The third-order valence-electron chi connectivity index (χ3n) is 7.53. The summed E-state index contributed by atoms with van der Waals surface area (Å²) in [6.45, 7) is 3.34. The number of esters is 2. The van der Waals surface area contributed by atoms with Gasteiger partial charge in [-0.2, -0.15) is 0 Å². The second-order valence-corrected chi connectivity index (χ2v) is 14.1. The third kappa shape index (κ3) is 37.2. The van der Waals surface area contributed by atoms with Crippen LogP contribution in [0.4, 0.5) is 0 Å². The number of hydrogen-bond donors (Lipinski definition) is 3. The molecule has 0 aromatic heterocycles. The Morgan fingerprint density at radius 1 is 0.667 bits per heavy atom. The number of allylic oxidation sites excluding steroid dienone is 14. The molecule has 0 heterocycles. The molecule has 11 heteroatoms. The van der Waals surface area contributed by atoms with Crippen LogP contribution in [0.25, 0.3) is 0 Å². The Hall–Kier alpha value is -3.11. The zero-order chi connectivity index (χ0) is 39.8. The zero-order valence-corrected chi connectivity index (χ0v) is 33.9. The molecule has 0 amide bonds. The standard InChI is InChI=1S/C43H70NO9P/c1-3-5-7-9-11-12-13-14-15-16-17-18-22-26-30-34-42(46)50-38-41(39-52-54(48,49)51-37-36-44)53-43(47)35-31-27-23-19-21-25-29-33-40(45)32-28-24-20-10-8-6-4-2/h5,7,11-12,14-15,17-20,23-25,28-29,32,40-41,45H,3-4,6,8-10,13,16,21-22,26-27,30-31,33-39,44H2,1-2H3,(H,48,49)/b7-5-,12-11-,15-14-,18-17-,23-19+,24-20-,29-25-,32-28-/t40-,41+/m0/s1. The first-order chi connectivity index (χ1) is 26.2. The number of aliphatic hydroxyl groups is 1. The van der Waals surface area contributed by atoms with Crippen molar-refractivity contribution in [2.24, 2.45) is 5.73 Å². The predicted octanol–water partition coefficient (Wildman–Crippen LogP) is 10.0. The molecular formula is C43H70NO9P. The van der Waals surface area contributed by atoms with Gasteiger partial charge in [-0.15, -0.1) is 0 Å². The zero-order valence-electron chi connectivity index (χ0n) is 33.0. The fourth-order valence-electron chi connectivity index (χ4n) is 4.58. The number of phosphoric ester groups is 1. The number of carbonyl (C=O) groups is 2. The Kier molecular flexibility index (Phi) is 36.0. The molecule has 306 valence electrons. The van der Waals surface area contributed by atoms with Gasteiger partial charge in [0.25, 0.3) is 0 Å². The van der Waals surface area contributed by atoms with Gasteiger partial charge in [-0.3, -0.25) is 18.6 Å². The van der Waals surface area contributed by atoms with Crippen LogP contribution < -0.4 is 5.73 Å². The van der Waals surface area contributed by atoms with Crippen molar-refractivity contribution in [2.45, 2.75) is 135 Å². The van der Waals surface area contributed by atoms with Crippen molar-refractivity contribution >= 4 is 19.8 Å². The van der Waals surface area contributed by atoms with Crippen LogP contribution in [0.1, 0.15) is 123 Å². The third-order valence-corrected chi connectivity index (χ3v) is 8.52. The molecule has 0 aromatic rings. The highest BCUT2D eigenvalue weighted by Crippen LogP contribution is 2.43. The summed E-state index contributed by atoms with van der Waals surface area (Å²) in [7, 11) is -4.42. The quantitative estimate of drug-likeness (QED) is 0.0186. The Bertz CT molecular complexity index is 1220. The van der Waals surface area contributed by atoms with Gasteiger partial charge in [0, 0.05) is 19.4 Å². The van der Waals surface area contributed by atoms with Crippen LogP contribution in [0, 0.1) is 0 Å². The van der Waals surface area contributed by atoms with Gasteiger partial charge in [0.05, 0.1) is 19.3 Å².